The van der Waals surface area contributed by atoms with Gasteiger partial charge in [0.25, 0.3) is 0 Å². The van der Waals surface area contributed by atoms with Crippen LogP contribution in [0.15, 0.2) is 72.8 Å². The summed E-state index contributed by atoms with van der Waals surface area (Å²) in [5.74, 6) is 0.960. The van der Waals surface area contributed by atoms with Crippen LogP contribution in [-0.4, -0.2) is 5.78 Å². The van der Waals surface area contributed by atoms with E-state index in [1.54, 1.807) is 0 Å². The normalized spacial score (nSPS) is 10.6. The lowest BCUT2D eigenvalue weighted by Gasteiger charge is -2.08. The molecular formula is C25H26O2. The van der Waals surface area contributed by atoms with Crippen molar-refractivity contribution in [2.45, 2.75) is 39.7 Å². The van der Waals surface area contributed by atoms with E-state index < -0.39 is 0 Å². The van der Waals surface area contributed by atoms with Crippen LogP contribution in [0.1, 0.15) is 46.0 Å². The summed E-state index contributed by atoms with van der Waals surface area (Å²) < 4.78 is 5.83. The van der Waals surface area contributed by atoms with Gasteiger partial charge in [0.2, 0.25) is 0 Å². The van der Waals surface area contributed by atoms with Gasteiger partial charge >= 0.3 is 0 Å². The molecule has 0 radical (unpaired) electrons. The van der Waals surface area contributed by atoms with E-state index in [2.05, 4.69) is 50.2 Å². The van der Waals surface area contributed by atoms with Crippen molar-refractivity contribution in [2.24, 2.45) is 0 Å². The number of carbonyl (C=O) groups excluding carboxylic acids is 1. The largest absolute Gasteiger partial charge is 0.489 e. The molecule has 0 aromatic heterocycles. The van der Waals surface area contributed by atoms with E-state index in [-0.39, 0.29) is 5.78 Å². The summed E-state index contributed by atoms with van der Waals surface area (Å²) in [5.41, 5.74) is 5.44. The third-order valence-electron chi connectivity index (χ3n) is 4.63. The Hall–Kier alpha value is -2.87. The average Bonchev–Trinajstić information content (AvgIpc) is 2.69. The summed E-state index contributed by atoms with van der Waals surface area (Å²) >= 11 is 0. The Labute approximate surface area is 161 Å². The van der Waals surface area contributed by atoms with Crippen LogP contribution in [0, 0.1) is 6.92 Å². The van der Waals surface area contributed by atoms with Crippen LogP contribution in [-0.2, 0) is 19.4 Å². The van der Waals surface area contributed by atoms with Gasteiger partial charge in [0.05, 0.1) is 0 Å². The molecule has 0 saturated heterocycles. The second kappa shape index (κ2) is 9.18. The van der Waals surface area contributed by atoms with Crippen molar-refractivity contribution in [3.8, 4) is 5.75 Å². The summed E-state index contributed by atoms with van der Waals surface area (Å²) in [5, 5.41) is 0. The molecule has 2 nitrogen and oxygen atoms in total. The van der Waals surface area contributed by atoms with Gasteiger partial charge in [-0.05, 0) is 42.2 Å². The lowest BCUT2D eigenvalue weighted by Crippen LogP contribution is -2.04. The molecule has 0 fully saturated rings. The molecule has 27 heavy (non-hydrogen) atoms. The summed E-state index contributed by atoms with van der Waals surface area (Å²) in [7, 11) is 0. The molecule has 0 spiro atoms. The molecular weight excluding hydrogens is 332 g/mol. The lowest BCUT2D eigenvalue weighted by atomic mass is 10.0. The maximum absolute atomic E-state index is 12.5. The predicted molar refractivity (Wildman–Crippen MR) is 110 cm³/mol. The fourth-order valence-electron chi connectivity index (χ4n) is 2.99. The van der Waals surface area contributed by atoms with Gasteiger partial charge in [-0.1, -0.05) is 79.6 Å². The van der Waals surface area contributed by atoms with Crippen LogP contribution < -0.4 is 4.74 Å². The molecule has 2 heteroatoms. The van der Waals surface area contributed by atoms with E-state index in [9.17, 15) is 4.79 Å². The predicted octanol–water partition coefficient (Wildman–Crippen LogP) is 5.95. The van der Waals surface area contributed by atoms with Gasteiger partial charge in [0.1, 0.15) is 12.4 Å². The van der Waals surface area contributed by atoms with E-state index in [1.165, 1.54) is 11.1 Å². The third kappa shape index (κ3) is 5.55. The second-order valence-electron chi connectivity index (χ2n) is 6.97. The SMILES string of the molecule is CCCc1ccc(C(=O)Cc2ccc(OCc3ccc(C)cc3)cc2)cc1. The number of carbonyl (C=O) groups is 1. The van der Waals surface area contributed by atoms with Crippen molar-refractivity contribution in [1.82, 2.24) is 0 Å². The van der Waals surface area contributed by atoms with E-state index >= 15 is 0 Å². The molecule has 0 amide bonds. The van der Waals surface area contributed by atoms with Gasteiger partial charge in [-0.25, -0.2) is 0 Å². The number of ether oxygens (including phenoxy) is 1. The highest BCUT2D eigenvalue weighted by atomic mass is 16.5. The Bertz CT molecular complexity index is 860. The van der Waals surface area contributed by atoms with Gasteiger partial charge in [0, 0.05) is 12.0 Å². The van der Waals surface area contributed by atoms with E-state index in [1.807, 2.05) is 36.4 Å². The molecule has 0 N–H and O–H groups in total. The summed E-state index contributed by atoms with van der Waals surface area (Å²) in [4.78, 5) is 12.5. The monoisotopic (exact) mass is 358 g/mol. The number of hydrogen-bond donors (Lipinski definition) is 0. The van der Waals surface area contributed by atoms with Crippen molar-refractivity contribution in [1.29, 1.82) is 0 Å². The second-order valence-corrected chi connectivity index (χ2v) is 6.97. The topological polar surface area (TPSA) is 26.3 Å². The first-order chi connectivity index (χ1) is 13.1. The smallest absolute Gasteiger partial charge is 0.167 e. The van der Waals surface area contributed by atoms with Crippen molar-refractivity contribution in [2.75, 3.05) is 0 Å². The van der Waals surface area contributed by atoms with Gasteiger partial charge < -0.3 is 4.74 Å². The standard InChI is InChI=1S/C25H26O2/c1-3-4-20-9-13-23(14-10-20)25(26)17-21-11-15-24(16-12-21)27-18-22-7-5-19(2)6-8-22/h5-16H,3-4,17-18H2,1-2H3. The highest BCUT2D eigenvalue weighted by Crippen LogP contribution is 2.16. The minimum atomic E-state index is 0.145. The molecule has 0 aliphatic carbocycles. The molecule has 0 aliphatic rings. The maximum Gasteiger partial charge on any atom is 0.167 e. The number of rotatable bonds is 8. The number of hydrogen-bond acceptors (Lipinski definition) is 2. The lowest BCUT2D eigenvalue weighted by molar-refractivity contribution is 0.0993. The van der Waals surface area contributed by atoms with Crippen molar-refractivity contribution in [3.63, 3.8) is 0 Å². The van der Waals surface area contributed by atoms with Crippen molar-refractivity contribution in [3.05, 3.63) is 101 Å². The molecule has 0 heterocycles. The highest BCUT2D eigenvalue weighted by molar-refractivity contribution is 5.97. The zero-order valence-corrected chi connectivity index (χ0v) is 16.1. The van der Waals surface area contributed by atoms with Crippen LogP contribution in [0.25, 0.3) is 0 Å². The van der Waals surface area contributed by atoms with Gasteiger partial charge in [0.15, 0.2) is 5.78 Å². The molecule has 0 aliphatic heterocycles. The molecule has 3 aromatic rings. The minimum absolute atomic E-state index is 0.145. The fraction of sp³-hybridized carbons (Fsp3) is 0.240. The summed E-state index contributed by atoms with van der Waals surface area (Å²) in [6.07, 6.45) is 2.58. The minimum Gasteiger partial charge on any atom is -0.489 e. The van der Waals surface area contributed by atoms with Gasteiger partial charge in [-0.3, -0.25) is 4.79 Å². The number of aryl methyl sites for hydroxylation is 2. The quantitative estimate of drug-likeness (QED) is 0.465. The number of benzene rings is 3. The zero-order chi connectivity index (χ0) is 19.1. The molecule has 0 bridgehead atoms. The summed E-state index contributed by atoms with van der Waals surface area (Å²) in [6, 6.07) is 24.1. The molecule has 0 saturated carbocycles. The first-order valence-electron chi connectivity index (χ1n) is 9.53. The Morgan fingerprint density at radius 3 is 2.00 bits per heavy atom. The Kier molecular flexibility index (Phi) is 6.43. The van der Waals surface area contributed by atoms with E-state index in [0.29, 0.717) is 13.0 Å². The van der Waals surface area contributed by atoms with Crippen LogP contribution in [0.3, 0.4) is 0 Å². The van der Waals surface area contributed by atoms with Crippen molar-refractivity contribution < 1.29 is 9.53 Å². The Balaban J connectivity index is 1.55. The molecule has 3 rings (SSSR count). The van der Waals surface area contributed by atoms with E-state index in [0.717, 1.165) is 35.3 Å². The third-order valence-corrected chi connectivity index (χ3v) is 4.63. The van der Waals surface area contributed by atoms with Crippen LogP contribution in [0.5, 0.6) is 5.75 Å². The number of Topliss-reactive ketones (excluding diaryl/α,β-unsaturated/α-hetero) is 1. The molecule has 0 atom stereocenters. The average molecular weight is 358 g/mol. The maximum atomic E-state index is 12.5. The highest BCUT2D eigenvalue weighted by Gasteiger charge is 2.07. The van der Waals surface area contributed by atoms with Crippen molar-refractivity contribution >= 4 is 5.78 Å². The first-order valence-corrected chi connectivity index (χ1v) is 9.53. The van der Waals surface area contributed by atoms with Crippen LogP contribution in [0.4, 0.5) is 0 Å². The van der Waals surface area contributed by atoms with Crippen LogP contribution in [0.2, 0.25) is 0 Å². The Morgan fingerprint density at radius 1 is 0.778 bits per heavy atom. The molecule has 3 aromatic carbocycles. The molecule has 138 valence electrons. The van der Waals surface area contributed by atoms with Gasteiger partial charge in [-0.15, -0.1) is 0 Å². The zero-order valence-electron chi connectivity index (χ0n) is 16.1. The summed E-state index contributed by atoms with van der Waals surface area (Å²) in [6.45, 7) is 4.78. The Morgan fingerprint density at radius 2 is 1.37 bits per heavy atom. The number of ketones is 1. The first kappa shape index (κ1) is 18.9. The fourth-order valence-corrected chi connectivity index (χ4v) is 2.99. The van der Waals surface area contributed by atoms with Crippen LogP contribution >= 0.6 is 0 Å². The molecule has 0 unspecified atom stereocenters. The van der Waals surface area contributed by atoms with E-state index in [4.69, 9.17) is 4.74 Å². The van der Waals surface area contributed by atoms with Gasteiger partial charge in [-0.2, -0.15) is 0 Å².